The Morgan fingerprint density at radius 1 is 1.25 bits per heavy atom. The topological polar surface area (TPSA) is 37.4 Å². The first-order valence-corrected chi connectivity index (χ1v) is 9.48. The lowest BCUT2D eigenvalue weighted by atomic mass is 10.1. The van der Waals surface area contributed by atoms with Gasteiger partial charge >= 0.3 is 0 Å². The molecule has 1 atom stereocenters. The molecule has 3 nitrogen and oxygen atoms in total. The largest absolute Gasteiger partial charge is 0.363 e. The summed E-state index contributed by atoms with van der Waals surface area (Å²) in [4.78, 5) is 2.67. The Morgan fingerprint density at radius 2 is 2.05 bits per heavy atom. The van der Waals surface area contributed by atoms with Gasteiger partial charge in [0.15, 0.2) is 9.84 Å². The normalized spacial score (nSPS) is 19.4. The minimum absolute atomic E-state index is 0.296. The van der Waals surface area contributed by atoms with E-state index >= 15 is 0 Å². The molecule has 1 aromatic heterocycles. The third-order valence-corrected chi connectivity index (χ3v) is 5.60. The van der Waals surface area contributed by atoms with Crippen molar-refractivity contribution in [2.45, 2.75) is 23.8 Å². The Labute approximate surface area is 123 Å². The SMILES string of the molecule is CS(=O)(=O)c1ccccc1N1CCC[C@@H]1c1ccsc1. The van der Waals surface area contributed by atoms with E-state index in [0.29, 0.717) is 10.9 Å². The minimum atomic E-state index is -3.20. The van der Waals surface area contributed by atoms with Crippen LogP contribution in [0.1, 0.15) is 24.4 Å². The quantitative estimate of drug-likeness (QED) is 0.871. The number of thiophene rings is 1. The number of anilines is 1. The zero-order valence-corrected chi connectivity index (χ0v) is 13.0. The van der Waals surface area contributed by atoms with Crippen LogP contribution in [0.25, 0.3) is 0 Å². The summed E-state index contributed by atoms with van der Waals surface area (Å²) in [6, 6.07) is 9.75. The maximum atomic E-state index is 12.0. The fourth-order valence-electron chi connectivity index (χ4n) is 2.87. The van der Waals surface area contributed by atoms with Crippen LogP contribution in [-0.2, 0) is 9.84 Å². The maximum Gasteiger partial charge on any atom is 0.177 e. The number of para-hydroxylation sites is 1. The van der Waals surface area contributed by atoms with Crippen molar-refractivity contribution in [3.63, 3.8) is 0 Å². The molecule has 0 bridgehead atoms. The van der Waals surface area contributed by atoms with E-state index in [0.717, 1.165) is 25.1 Å². The van der Waals surface area contributed by atoms with Crippen molar-refractivity contribution in [3.8, 4) is 0 Å². The van der Waals surface area contributed by atoms with Crippen molar-refractivity contribution in [1.82, 2.24) is 0 Å². The molecule has 1 aliphatic heterocycles. The van der Waals surface area contributed by atoms with E-state index in [1.807, 2.05) is 12.1 Å². The second-order valence-corrected chi connectivity index (χ2v) is 7.91. The first kappa shape index (κ1) is 13.6. The van der Waals surface area contributed by atoms with E-state index < -0.39 is 9.84 Å². The fraction of sp³-hybridized carbons (Fsp3) is 0.333. The molecule has 3 rings (SSSR count). The summed E-state index contributed by atoms with van der Waals surface area (Å²) in [5.41, 5.74) is 2.12. The number of hydrogen-bond donors (Lipinski definition) is 0. The molecule has 0 amide bonds. The first-order chi connectivity index (χ1) is 9.57. The van der Waals surface area contributed by atoms with Crippen LogP contribution in [0.3, 0.4) is 0 Å². The summed E-state index contributed by atoms with van der Waals surface area (Å²) >= 11 is 1.69. The number of hydrogen-bond acceptors (Lipinski definition) is 4. The Kier molecular flexibility index (Phi) is 3.56. The van der Waals surface area contributed by atoms with Gasteiger partial charge in [-0.3, -0.25) is 0 Å². The average Bonchev–Trinajstić information content (AvgIpc) is 3.08. The molecule has 0 N–H and O–H groups in total. The lowest BCUT2D eigenvalue weighted by molar-refractivity contribution is 0.601. The number of benzene rings is 1. The molecular formula is C15H17NO2S2. The van der Waals surface area contributed by atoms with Gasteiger partial charge in [0.1, 0.15) is 0 Å². The molecule has 1 aromatic carbocycles. The van der Waals surface area contributed by atoms with Crippen LogP contribution in [0.5, 0.6) is 0 Å². The number of nitrogens with zero attached hydrogens (tertiary/aromatic N) is 1. The van der Waals surface area contributed by atoms with Crippen LogP contribution in [0.15, 0.2) is 46.0 Å². The molecule has 0 radical (unpaired) electrons. The molecule has 2 aromatic rings. The summed E-state index contributed by atoms with van der Waals surface area (Å²) < 4.78 is 24.0. The molecule has 1 saturated heterocycles. The van der Waals surface area contributed by atoms with Gasteiger partial charge in [-0.25, -0.2) is 8.42 Å². The summed E-state index contributed by atoms with van der Waals surface area (Å²) in [7, 11) is -3.20. The van der Waals surface area contributed by atoms with Crippen molar-refractivity contribution in [2.75, 3.05) is 17.7 Å². The minimum Gasteiger partial charge on any atom is -0.363 e. The first-order valence-electron chi connectivity index (χ1n) is 6.65. The van der Waals surface area contributed by atoms with Crippen LogP contribution >= 0.6 is 11.3 Å². The van der Waals surface area contributed by atoms with Crippen LogP contribution < -0.4 is 4.90 Å². The molecule has 1 aliphatic rings. The van der Waals surface area contributed by atoms with E-state index in [1.165, 1.54) is 11.8 Å². The summed E-state index contributed by atoms with van der Waals surface area (Å²) in [5, 5.41) is 4.24. The van der Waals surface area contributed by atoms with Gasteiger partial charge in [0.2, 0.25) is 0 Å². The standard InChI is InChI=1S/C15H17NO2S2/c1-20(17,18)15-7-3-2-5-14(15)16-9-4-6-13(16)12-8-10-19-11-12/h2-3,5,7-8,10-11,13H,4,6,9H2,1H3/t13-/m1/s1. The van der Waals surface area contributed by atoms with E-state index in [-0.39, 0.29) is 0 Å². The van der Waals surface area contributed by atoms with Gasteiger partial charge in [0.25, 0.3) is 0 Å². The Balaban J connectivity index is 2.05. The monoisotopic (exact) mass is 307 g/mol. The van der Waals surface area contributed by atoms with Gasteiger partial charge in [-0.05, 0) is 47.4 Å². The predicted molar refractivity (Wildman–Crippen MR) is 83.2 cm³/mol. The maximum absolute atomic E-state index is 12.0. The molecule has 1 fully saturated rings. The van der Waals surface area contributed by atoms with Crippen molar-refractivity contribution in [1.29, 1.82) is 0 Å². The van der Waals surface area contributed by atoms with Gasteiger partial charge < -0.3 is 4.90 Å². The Bertz CT molecular complexity index is 692. The Hall–Kier alpha value is -1.33. The second kappa shape index (κ2) is 5.22. The van der Waals surface area contributed by atoms with Crippen molar-refractivity contribution >= 4 is 26.9 Å². The molecule has 0 aliphatic carbocycles. The smallest absolute Gasteiger partial charge is 0.177 e. The number of rotatable bonds is 3. The predicted octanol–water partition coefficient (Wildman–Crippen LogP) is 3.49. The molecule has 2 heterocycles. The third kappa shape index (κ3) is 2.47. The van der Waals surface area contributed by atoms with Gasteiger partial charge in [-0.1, -0.05) is 12.1 Å². The third-order valence-electron chi connectivity index (χ3n) is 3.75. The zero-order valence-electron chi connectivity index (χ0n) is 11.3. The molecule has 5 heteroatoms. The van der Waals surface area contributed by atoms with Gasteiger partial charge in [-0.15, -0.1) is 0 Å². The van der Waals surface area contributed by atoms with Crippen LogP contribution in [0.2, 0.25) is 0 Å². The van der Waals surface area contributed by atoms with Gasteiger partial charge in [-0.2, -0.15) is 11.3 Å². The van der Waals surface area contributed by atoms with E-state index in [1.54, 1.807) is 23.5 Å². The van der Waals surface area contributed by atoms with E-state index in [9.17, 15) is 8.42 Å². The van der Waals surface area contributed by atoms with E-state index in [4.69, 9.17) is 0 Å². The highest BCUT2D eigenvalue weighted by atomic mass is 32.2. The summed E-state index contributed by atoms with van der Waals surface area (Å²) in [6.07, 6.45) is 3.45. The summed E-state index contributed by atoms with van der Waals surface area (Å²) in [6.45, 7) is 0.910. The highest BCUT2D eigenvalue weighted by Gasteiger charge is 2.29. The summed E-state index contributed by atoms with van der Waals surface area (Å²) in [5.74, 6) is 0. The Morgan fingerprint density at radius 3 is 2.75 bits per heavy atom. The molecule has 106 valence electrons. The number of sulfone groups is 1. The molecular weight excluding hydrogens is 290 g/mol. The average molecular weight is 307 g/mol. The van der Waals surface area contributed by atoms with E-state index in [2.05, 4.69) is 21.7 Å². The zero-order chi connectivity index (χ0) is 14.2. The van der Waals surface area contributed by atoms with Gasteiger partial charge in [0, 0.05) is 12.8 Å². The fourth-order valence-corrected chi connectivity index (χ4v) is 4.47. The lowest BCUT2D eigenvalue weighted by Crippen LogP contribution is -2.24. The van der Waals surface area contributed by atoms with Crippen molar-refractivity contribution in [2.24, 2.45) is 0 Å². The highest BCUT2D eigenvalue weighted by Crippen LogP contribution is 2.39. The molecule has 0 saturated carbocycles. The van der Waals surface area contributed by atoms with Crippen LogP contribution in [0, 0.1) is 0 Å². The molecule has 0 spiro atoms. The second-order valence-electron chi connectivity index (χ2n) is 5.15. The molecule has 20 heavy (non-hydrogen) atoms. The van der Waals surface area contributed by atoms with Gasteiger partial charge in [0.05, 0.1) is 16.6 Å². The van der Waals surface area contributed by atoms with Crippen LogP contribution in [-0.4, -0.2) is 21.2 Å². The van der Waals surface area contributed by atoms with Crippen molar-refractivity contribution < 1.29 is 8.42 Å². The molecule has 0 unspecified atom stereocenters. The highest BCUT2D eigenvalue weighted by molar-refractivity contribution is 7.90. The van der Waals surface area contributed by atoms with Crippen LogP contribution in [0.4, 0.5) is 5.69 Å². The van der Waals surface area contributed by atoms with Crippen molar-refractivity contribution in [3.05, 3.63) is 46.7 Å². The lowest BCUT2D eigenvalue weighted by Gasteiger charge is -2.28.